The van der Waals surface area contributed by atoms with E-state index in [0.717, 1.165) is 42.9 Å². The second kappa shape index (κ2) is 6.55. The van der Waals surface area contributed by atoms with Gasteiger partial charge < -0.3 is 10.2 Å². The first kappa shape index (κ1) is 17.8. The number of thioether (sulfide) groups is 1. The Hall–Kier alpha value is -1.57. The number of rotatable bonds is 5. The van der Waals surface area contributed by atoms with Gasteiger partial charge in [-0.05, 0) is 62.2 Å². The highest BCUT2D eigenvalue weighted by atomic mass is 32.2. The van der Waals surface area contributed by atoms with E-state index in [1.54, 1.807) is 0 Å². The van der Waals surface area contributed by atoms with Crippen LogP contribution in [0.15, 0.2) is 9.64 Å². The van der Waals surface area contributed by atoms with Crippen molar-refractivity contribution < 1.29 is 14.0 Å². The highest BCUT2D eigenvalue weighted by Crippen LogP contribution is 2.60. The lowest BCUT2D eigenvalue weighted by Crippen LogP contribution is -2.48. The number of hydrogen-bond acceptors (Lipinski definition) is 6. The molecule has 1 atom stereocenters. The van der Waals surface area contributed by atoms with Crippen molar-refractivity contribution in [2.75, 3.05) is 0 Å². The summed E-state index contributed by atoms with van der Waals surface area (Å²) in [6.45, 7) is 3.82. The number of nitrogens with two attached hydrogens (primary N) is 1. The Bertz CT molecular complexity index is 682. The Morgan fingerprint density at radius 1 is 1.15 bits per heavy atom. The molecule has 7 nitrogen and oxygen atoms in total. The summed E-state index contributed by atoms with van der Waals surface area (Å²) in [4.78, 5) is 23.2. The monoisotopic (exact) mass is 378 g/mol. The number of urea groups is 1. The molecule has 5 rings (SSSR count). The van der Waals surface area contributed by atoms with Crippen molar-refractivity contribution in [1.29, 1.82) is 0 Å². The van der Waals surface area contributed by atoms with E-state index in [1.165, 1.54) is 31.0 Å². The number of carbonyl (C=O) groups excluding carboxylic acids is 2. The topological polar surface area (TPSA) is 111 Å². The molecule has 4 aliphatic rings. The third kappa shape index (κ3) is 3.23. The zero-order valence-electron chi connectivity index (χ0n) is 15.2. The molecule has 1 aromatic rings. The number of nitrogens with zero attached hydrogens (tertiary/aromatic N) is 2. The van der Waals surface area contributed by atoms with Gasteiger partial charge >= 0.3 is 6.03 Å². The van der Waals surface area contributed by atoms with Crippen molar-refractivity contribution in [3.63, 3.8) is 0 Å². The predicted molar refractivity (Wildman–Crippen MR) is 96.4 cm³/mol. The van der Waals surface area contributed by atoms with Crippen LogP contribution in [-0.4, -0.2) is 27.4 Å². The predicted octanol–water partition coefficient (Wildman–Crippen LogP) is 2.85. The number of amides is 3. The second-order valence-electron chi connectivity index (χ2n) is 8.71. The van der Waals surface area contributed by atoms with Gasteiger partial charge in [-0.15, -0.1) is 10.2 Å². The van der Waals surface area contributed by atoms with Gasteiger partial charge in [0.25, 0.3) is 5.22 Å². The first-order chi connectivity index (χ1) is 12.3. The minimum Gasteiger partial charge on any atom is -0.415 e. The number of hydrogen-bond donors (Lipinski definition) is 2. The number of carbonyl (C=O) groups is 2. The molecular weight excluding hydrogens is 352 g/mol. The SMILES string of the molecule is CC(C)[C@H](Sc1nnc(C23CC4CC(CC(C4)C2)C3)o1)C(=O)NC(N)=O. The third-order valence-corrected chi connectivity index (χ3v) is 7.62. The molecule has 8 heteroatoms. The van der Waals surface area contributed by atoms with Gasteiger partial charge in [0.1, 0.15) is 0 Å². The van der Waals surface area contributed by atoms with E-state index in [-0.39, 0.29) is 11.3 Å². The largest absolute Gasteiger partial charge is 0.415 e. The summed E-state index contributed by atoms with van der Waals surface area (Å²) in [7, 11) is 0. The minimum atomic E-state index is -0.846. The van der Waals surface area contributed by atoms with Gasteiger partial charge in [-0.2, -0.15) is 0 Å². The smallest absolute Gasteiger partial charge is 0.318 e. The van der Waals surface area contributed by atoms with Crippen LogP contribution in [0.1, 0.15) is 58.3 Å². The van der Waals surface area contributed by atoms with Crippen molar-refractivity contribution in [3.8, 4) is 0 Å². The molecule has 26 heavy (non-hydrogen) atoms. The number of primary amides is 1. The molecular formula is C18H26N4O3S. The lowest BCUT2D eigenvalue weighted by molar-refractivity contribution is -0.120. The number of aromatic nitrogens is 2. The van der Waals surface area contributed by atoms with E-state index in [4.69, 9.17) is 10.2 Å². The Kier molecular flexibility index (Phi) is 4.49. The normalized spacial score (nSPS) is 33.4. The van der Waals surface area contributed by atoms with Crippen LogP contribution in [0.25, 0.3) is 0 Å². The Morgan fingerprint density at radius 3 is 2.23 bits per heavy atom. The second-order valence-corrected chi connectivity index (χ2v) is 9.80. The Morgan fingerprint density at radius 2 is 1.73 bits per heavy atom. The lowest BCUT2D eigenvalue weighted by atomic mass is 9.49. The van der Waals surface area contributed by atoms with Crippen LogP contribution in [0.4, 0.5) is 4.79 Å². The molecule has 0 aliphatic heterocycles. The van der Waals surface area contributed by atoms with Gasteiger partial charge in [0.05, 0.1) is 5.25 Å². The van der Waals surface area contributed by atoms with Crippen LogP contribution in [0.5, 0.6) is 0 Å². The fourth-order valence-corrected chi connectivity index (χ4v) is 6.51. The zero-order valence-corrected chi connectivity index (χ0v) is 16.1. The van der Waals surface area contributed by atoms with Gasteiger partial charge in [-0.25, -0.2) is 4.79 Å². The summed E-state index contributed by atoms with van der Waals surface area (Å²) in [5, 5.41) is 10.6. The van der Waals surface area contributed by atoms with Crippen LogP contribution in [0.3, 0.4) is 0 Å². The molecule has 0 spiro atoms. The van der Waals surface area contributed by atoms with E-state index in [2.05, 4.69) is 15.5 Å². The summed E-state index contributed by atoms with van der Waals surface area (Å²) in [5.74, 6) is 2.72. The molecule has 4 saturated carbocycles. The maximum absolute atomic E-state index is 12.2. The van der Waals surface area contributed by atoms with Crippen LogP contribution >= 0.6 is 11.8 Å². The third-order valence-electron chi connectivity index (χ3n) is 6.24. The van der Waals surface area contributed by atoms with E-state index >= 15 is 0 Å². The average molecular weight is 378 g/mol. The summed E-state index contributed by atoms with van der Waals surface area (Å²) >= 11 is 1.21. The fraction of sp³-hybridized carbons (Fsp3) is 0.778. The first-order valence-electron chi connectivity index (χ1n) is 9.45. The van der Waals surface area contributed by atoms with E-state index < -0.39 is 17.2 Å². The molecule has 4 aliphatic carbocycles. The maximum Gasteiger partial charge on any atom is 0.318 e. The molecule has 142 valence electrons. The van der Waals surface area contributed by atoms with Crippen LogP contribution in [0, 0.1) is 23.7 Å². The Balaban J connectivity index is 1.51. The summed E-state index contributed by atoms with van der Waals surface area (Å²) in [5.41, 5.74) is 5.11. The van der Waals surface area contributed by atoms with E-state index in [9.17, 15) is 9.59 Å². The van der Waals surface area contributed by atoms with Crippen molar-refractivity contribution >= 4 is 23.7 Å². The summed E-state index contributed by atoms with van der Waals surface area (Å²) in [6, 6.07) is -0.846. The van der Waals surface area contributed by atoms with Gasteiger partial charge in [-0.1, -0.05) is 25.6 Å². The standard InChI is InChI=1S/C18H26N4O3S/c1-9(2)13(14(23)20-16(19)24)26-17-22-21-15(25-17)18-6-10-3-11(7-18)5-12(4-10)8-18/h9-13H,3-8H2,1-2H3,(H3,19,20,23,24)/t10?,11?,12?,13-,18?/m0/s1. The highest BCUT2D eigenvalue weighted by Gasteiger charge is 2.54. The van der Waals surface area contributed by atoms with Gasteiger partial charge in [-0.3, -0.25) is 10.1 Å². The average Bonchev–Trinajstić information content (AvgIpc) is 2.99. The van der Waals surface area contributed by atoms with Crippen molar-refractivity contribution in [3.05, 3.63) is 5.89 Å². The summed E-state index contributed by atoms with van der Waals surface area (Å²) < 4.78 is 6.05. The Labute approximate surface area is 157 Å². The van der Waals surface area contributed by atoms with Crippen LogP contribution in [-0.2, 0) is 10.2 Å². The van der Waals surface area contributed by atoms with E-state index in [1.807, 2.05) is 13.8 Å². The number of imide groups is 1. The first-order valence-corrected chi connectivity index (χ1v) is 10.3. The molecule has 4 bridgehead atoms. The molecule has 0 radical (unpaired) electrons. The lowest BCUT2D eigenvalue weighted by Gasteiger charge is -2.55. The van der Waals surface area contributed by atoms with Gasteiger partial charge in [0, 0.05) is 5.41 Å². The van der Waals surface area contributed by atoms with Gasteiger partial charge in [0.15, 0.2) is 0 Å². The van der Waals surface area contributed by atoms with Gasteiger partial charge in [0.2, 0.25) is 11.8 Å². The molecule has 0 unspecified atom stereocenters. The molecule has 0 aromatic carbocycles. The van der Waals surface area contributed by atoms with E-state index in [0.29, 0.717) is 5.22 Å². The molecule has 4 fully saturated rings. The highest BCUT2D eigenvalue weighted by molar-refractivity contribution is 8.00. The molecule has 0 saturated heterocycles. The van der Waals surface area contributed by atoms with Crippen molar-refractivity contribution in [2.24, 2.45) is 29.4 Å². The molecule has 1 aromatic heterocycles. The molecule has 3 amide bonds. The van der Waals surface area contributed by atoms with Crippen LogP contribution in [0.2, 0.25) is 0 Å². The van der Waals surface area contributed by atoms with Crippen molar-refractivity contribution in [2.45, 2.75) is 68.3 Å². The quantitative estimate of drug-likeness (QED) is 0.762. The summed E-state index contributed by atoms with van der Waals surface area (Å²) in [6.07, 6.45) is 7.54. The number of nitrogens with one attached hydrogen (secondary N) is 1. The van der Waals surface area contributed by atoms with Crippen LogP contribution < -0.4 is 11.1 Å². The molecule has 1 heterocycles. The maximum atomic E-state index is 12.2. The van der Waals surface area contributed by atoms with Crippen molar-refractivity contribution in [1.82, 2.24) is 15.5 Å². The zero-order chi connectivity index (χ0) is 18.5. The molecule has 3 N–H and O–H groups in total. The minimum absolute atomic E-state index is 0.00532. The fourth-order valence-electron chi connectivity index (χ4n) is 5.64.